The van der Waals surface area contributed by atoms with Crippen molar-refractivity contribution >= 4 is 82.1 Å². The molecule has 40 nitrogen and oxygen atoms in total. The molecule has 0 spiro atoms. The fourth-order valence-electron chi connectivity index (χ4n) is 15.7. The second kappa shape index (κ2) is 38.9. The highest BCUT2D eigenvalue weighted by Gasteiger charge is 2.49. The number of hydrogen-bond acceptors (Lipinski definition) is 28. The van der Waals surface area contributed by atoms with Gasteiger partial charge in [-0.05, 0) is 24.3 Å². The van der Waals surface area contributed by atoms with E-state index < -0.39 is 232 Å². The number of aromatic nitrogens is 4. The number of ether oxygens (including phenoxy) is 4. The summed E-state index contributed by atoms with van der Waals surface area (Å²) in [6, 6.07) is 9.10. The standard InChI is InChI=1S/2C20H19ClF2N4O6.C20H20ClFN4O6.C20H19F3N4O6/c1-33-5-4-25-8-26-7-12(28)15-13(17(29)18(30)16(20(25)32)27(15)26)19(31)24-6-9-11(22)3-2-10(21)14(9)23;1-33-5-4-25-8-26-7-11(28)15-12(17(29)18(30)16(20(25)32)27(15)26)19(31)24-6-9-2-3-10(22)13(21)14(9)23;1-32-6-5-24-9-25-8-12(27)15-13(17(28)18(29)16(20(24)31)26(15)25)19(30)23-7-10-3-2-4-11(21)14(10)22;1-33-3-2-25-8-26-7-13(28)15-14(17(29)18(30)16(20(25)32)27(15)26)19(31)24-6-10-11(22)4-9(21)5-12(10)23/h2-3,12,28,30H,4-8H2,1H3,(H,24,31);2-3,11,28,30H,4-8H2,1H3,(H,24,31);2-4,12,27,29H,5-9H2,1H3,(H,23,30);4-5,13,28,30H,2-3,6-8H2,1H3,(H,24,31). The van der Waals surface area contributed by atoms with Crippen molar-refractivity contribution in [2.45, 2.75) is 50.6 Å². The van der Waals surface area contributed by atoms with Gasteiger partial charge in [-0.3, -0.25) is 77.6 Å². The molecule has 12 heterocycles. The van der Waals surface area contributed by atoms with Gasteiger partial charge in [-0.2, -0.15) is 0 Å². The lowest BCUT2D eigenvalue weighted by molar-refractivity contribution is 0.0621. The van der Waals surface area contributed by atoms with Gasteiger partial charge < -0.3 is 101 Å². The predicted octanol–water partition coefficient (Wildman–Crippen LogP) is 1.19. The Kier molecular flexibility index (Phi) is 28.3. The number of benzene rings is 4. The molecular weight excluding hydrogens is 1830 g/mol. The van der Waals surface area contributed by atoms with E-state index in [4.69, 9.17) is 53.8 Å². The number of methoxy groups -OCH3 is 4. The molecule has 0 bridgehead atoms. The molecule has 4 unspecified atom stereocenters. The zero-order chi connectivity index (χ0) is 95.2. The Bertz CT molecular complexity index is 6290. The molecule has 0 fully saturated rings. The highest BCUT2D eigenvalue weighted by Crippen LogP contribution is 2.39. The van der Waals surface area contributed by atoms with Crippen LogP contribution in [0.4, 0.5) is 35.1 Å². The molecule has 0 aliphatic carbocycles. The minimum absolute atomic E-state index is 0.00411. The van der Waals surface area contributed by atoms with Crippen molar-refractivity contribution in [3.8, 4) is 23.0 Å². The van der Waals surface area contributed by atoms with E-state index in [2.05, 4.69) is 21.3 Å². The summed E-state index contributed by atoms with van der Waals surface area (Å²) in [5.74, 6) is -19.1. The largest absolute Gasteiger partial charge is 0.502 e. The molecule has 4 aromatic heterocycles. The maximum absolute atomic E-state index is 14.1. The van der Waals surface area contributed by atoms with Crippen molar-refractivity contribution in [2.75, 3.05) is 154 Å². The van der Waals surface area contributed by atoms with Gasteiger partial charge in [-0.25, -0.2) is 53.8 Å². The molecule has 4 aromatic carbocycles. The first-order valence-corrected chi connectivity index (χ1v) is 40.3. The van der Waals surface area contributed by atoms with E-state index in [9.17, 15) is 134 Å². The van der Waals surface area contributed by atoms with Gasteiger partial charge in [0.2, 0.25) is 21.7 Å². The first-order valence-electron chi connectivity index (χ1n) is 39.1. The zero-order valence-electron chi connectivity index (χ0n) is 68.8. The quantitative estimate of drug-likeness (QED) is 0.0230. The molecular formula is C80H77Cl3F8N16O24. The lowest BCUT2D eigenvalue weighted by Gasteiger charge is -2.37. The second-order valence-electron chi connectivity index (χ2n) is 30.0. The van der Waals surface area contributed by atoms with E-state index in [-0.39, 0.29) is 167 Å². The number of aliphatic hydroxyl groups excluding tert-OH is 4. The molecule has 0 saturated carbocycles. The van der Waals surface area contributed by atoms with E-state index in [0.717, 1.165) is 38.3 Å². The Hall–Kier alpha value is -13.2. The Balaban J connectivity index is 0.000000149. The number of carbonyl (C=O) groups excluding carboxylic acids is 8. The first kappa shape index (κ1) is 95.4. The Labute approximate surface area is 746 Å². The van der Waals surface area contributed by atoms with E-state index in [1.165, 1.54) is 85.9 Å². The summed E-state index contributed by atoms with van der Waals surface area (Å²) < 4.78 is 135. The molecule has 698 valence electrons. The van der Waals surface area contributed by atoms with Crippen molar-refractivity contribution in [1.29, 1.82) is 0 Å². The van der Waals surface area contributed by atoms with Gasteiger partial charge in [0.15, 0.2) is 45.8 Å². The van der Waals surface area contributed by atoms with Gasteiger partial charge in [-0.1, -0.05) is 53.0 Å². The highest BCUT2D eigenvalue weighted by molar-refractivity contribution is 6.31. The molecule has 4 atom stereocenters. The molecule has 131 heavy (non-hydrogen) atoms. The van der Waals surface area contributed by atoms with Crippen LogP contribution in [-0.2, 0) is 45.1 Å². The summed E-state index contributed by atoms with van der Waals surface area (Å²) in [6.45, 7) is -0.657. The van der Waals surface area contributed by atoms with Crippen LogP contribution in [0.1, 0.15) is 153 Å². The third-order valence-corrected chi connectivity index (χ3v) is 22.9. The number of aromatic hydroxyl groups is 4. The maximum Gasteiger partial charge on any atom is 0.277 e. The van der Waals surface area contributed by atoms with E-state index >= 15 is 0 Å². The summed E-state index contributed by atoms with van der Waals surface area (Å²) in [6.07, 6.45) is -5.29. The number of pyridine rings is 4. The average molecular weight is 1900 g/mol. The fraction of sp³-hybridized carbons (Fsp3) is 0.350. The third kappa shape index (κ3) is 17.7. The van der Waals surface area contributed by atoms with Crippen molar-refractivity contribution in [3.63, 3.8) is 0 Å². The van der Waals surface area contributed by atoms with Crippen LogP contribution in [0.25, 0.3) is 0 Å². The van der Waals surface area contributed by atoms with Crippen LogP contribution in [0.5, 0.6) is 23.0 Å². The Morgan fingerprint density at radius 2 is 0.664 bits per heavy atom. The average Bonchev–Trinajstić information content (AvgIpc) is 1.62. The van der Waals surface area contributed by atoms with Crippen molar-refractivity contribution in [3.05, 3.63) is 247 Å². The molecule has 51 heteroatoms. The summed E-state index contributed by atoms with van der Waals surface area (Å²) in [4.78, 5) is 160. The van der Waals surface area contributed by atoms with Crippen molar-refractivity contribution in [1.82, 2.24) is 59.6 Å². The van der Waals surface area contributed by atoms with Gasteiger partial charge in [0, 0.05) is 115 Å². The number of nitrogens with zero attached hydrogens (tertiary/aromatic N) is 12. The summed E-state index contributed by atoms with van der Waals surface area (Å²) in [5, 5.41) is 98.2. The van der Waals surface area contributed by atoms with Crippen LogP contribution in [0, 0.1) is 46.5 Å². The molecule has 8 amide bonds. The van der Waals surface area contributed by atoms with Crippen molar-refractivity contribution in [2.24, 2.45) is 0 Å². The third-order valence-electron chi connectivity index (χ3n) is 22.0. The number of hydrogen-bond donors (Lipinski definition) is 12. The van der Waals surface area contributed by atoms with Gasteiger partial charge in [0.25, 0.3) is 47.3 Å². The minimum atomic E-state index is -1.37. The van der Waals surface area contributed by atoms with Crippen LogP contribution < -0.4 is 63.0 Å². The van der Waals surface area contributed by atoms with Crippen LogP contribution in [0.2, 0.25) is 15.1 Å². The number of nitrogens with one attached hydrogen (secondary N) is 4. The van der Waals surface area contributed by atoms with Gasteiger partial charge in [0.05, 0.1) is 85.4 Å². The summed E-state index contributed by atoms with van der Waals surface area (Å²) >= 11 is 16.9. The topological polar surface area (TPSA) is 497 Å². The molecule has 8 aliphatic rings. The normalized spacial score (nSPS) is 16.9. The maximum atomic E-state index is 14.1. The molecule has 0 radical (unpaired) electrons. The Morgan fingerprint density at radius 1 is 0.374 bits per heavy atom. The first-order chi connectivity index (χ1) is 62.2. The summed E-state index contributed by atoms with van der Waals surface area (Å²) in [7, 11) is 5.82. The zero-order valence-corrected chi connectivity index (χ0v) is 71.0. The van der Waals surface area contributed by atoms with Crippen LogP contribution >= 0.6 is 34.8 Å². The van der Waals surface area contributed by atoms with Crippen LogP contribution in [0.15, 0.2) is 73.8 Å². The van der Waals surface area contributed by atoms with Crippen LogP contribution in [0.3, 0.4) is 0 Å². The number of amides is 8. The van der Waals surface area contributed by atoms with E-state index in [1.807, 2.05) is 0 Å². The smallest absolute Gasteiger partial charge is 0.277 e. The van der Waals surface area contributed by atoms with Gasteiger partial charge in [0.1, 0.15) is 125 Å². The SMILES string of the molecule is COCCN1CN2CC(O)c3c(C(=O)NCc4c(F)cc(F)cc4F)c(=O)c(O)c(n32)C1=O.COCCN1CN2CC(O)c3c(C(=O)NCc4c(F)ccc(Cl)c4F)c(=O)c(O)c(n32)C1=O.COCCN1CN2CC(O)c3c(C(=O)NCc4ccc(F)c(Cl)c4F)c(=O)c(O)c(n32)C1=O.COCCN1CN2CC(O)c3c(C(=O)NCc4cccc(Cl)c4F)c(=O)c(O)c(n32)C1=O. The molecule has 12 N–H and O–H groups in total. The van der Waals surface area contributed by atoms with E-state index in [0.29, 0.717) is 12.1 Å². The number of halogens is 11. The lowest BCUT2D eigenvalue weighted by Crippen LogP contribution is -2.53. The molecule has 0 saturated heterocycles. The van der Waals surface area contributed by atoms with Crippen LogP contribution in [-0.4, -0.2) is 260 Å². The fourth-order valence-corrected chi connectivity index (χ4v) is 16.3. The Morgan fingerprint density at radius 3 is 0.985 bits per heavy atom. The van der Waals surface area contributed by atoms with Gasteiger partial charge in [-0.15, -0.1) is 0 Å². The summed E-state index contributed by atoms with van der Waals surface area (Å²) in [5.41, 5.74) is -10.5. The second-order valence-corrected chi connectivity index (χ2v) is 31.2. The van der Waals surface area contributed by atoms with Crippen molar-refractivity contribution < 1.29 is 133 Å². The molecule has 8 aliphatic heterocycles. The predicted molar refractivity (Wildman–Crippen MR) is 438 cm³/mol. The monoisotopic (exact) mass is 1900 g/mol. The highest BCUT2D eigenvalue weighted by atomic mass is 35.5. The number of carbonyl (C=O) groups is 8. The number of rotatable bonds is 24. The number of aliphatic hydroxyl groups is 4. The molecule has 16 rings (SSSR count). The van der Waals surface area contributed by atoms with Gasteiger partial charge >= 0.3 is 0 Å². The molecule has 8 aromatic rings. The minimum Gasteiger partial charge on any atom is -0.502 e. The lowest BCUT2D eigenvalue weighted by atomic mass is 10.1. The van der Waals surface area contributed by atoms with E-state index in [1.54, 1.807) is 5.01 Å².